The molecule has 0 aromatic heterocycles. The van der Waals surface area contributed by atoms with Gasteiger partial charge in [-0.2, -0.15) is 0 Å². The van der Waals surface area contributed by atoms with E-state index in [0.717, 1.165) is 23.7 Å². The normalized spacial score (nSPS) is 15.9. The van der Waals surface area contributed by atoms with E-state index < -0.39 is 5.97 Å². The fourth-order valence-electron chi connectivity index (χ4n) is 2.81. The van der Waals surface area contributed by atoms with Gasteiger partial charge in [0.2, 0.25) is 0 Å². The van der Waals surface area contributed by atoms with Gasteiger partial charge >= 0.3 is 5.97 Å². The molecule has 0 atom stereocenters. The summed E-state index contributed by atoms with van der Waals surface area (Å²) in [5, 5.41) is 9.01. The highest BCUT2D eigenvalue weighted by Gasteiger charge is 2.17. The third-order valence-electron chi connectivity index (χ3n) is 3.89. The molecule has 98 valence electrons. The molecule has 0 aliphatic heterocycles. The highest BCUT2D eigenvalue weighted by Crippen LogP contribution is 2.27. The zero-order valence-electron chi connectivity index (χ0n) is 11.1. The van der Waals surface area contributed by atoms with E-state index in [2.05, 4.69) is 11.9 Å². The van der Waals surface area contributed by atoms with Gasteiger partial charge in [-0.25, -0.2) is 4.79 Å². The first-order valence-electron chi connectivity index (χ1n) is 6.63. The molecule has 0 radical (unpaired) electrons. The molecule has 1 N–H and O–H groups in total. The van der Waals surface area contributed by atoms with E-state index in [-0.39, 0.29) is 0 Å². The van der Waals surface area contributed by atoms with Crippen molar-refractivity contribution in [1.82, 2.24) is 0 Å². The summed E-state index contributed by atoms with van der Waals surface area (Å²) < 4.78 is 0. The molecule has 1 fully saturated rings. The SMILES string of the molecule is Cc1cc(N(C)CC2CCCC2)ccc1C(=O)O. The Kier molecular flexibility index (Phi) is 3.90. The number of benzene rings is 1. The molecule has 3 nitrogen and oxygen atoms in total. The molecule has 0 spiro atoms. The van der Waals surface area contributed by atoms with Crippen molar-refractivity contribution < 1.29 is 9.90 Å². The van der Waals surface area contributed by atoms with Crippen LogP contribution in [-0.4, -0.2) is 24.7 Å². The average molecular weight is 247 g/mol. The molecule has 0 heterocycles. The average Bonchev–Trinajstić information content (AvgIpc) is 2.81. The van der Waals surface area contributed by atoms with Crippen LogP contribution < -0.4 is 4.90 Å². The van der Waals surface area contributed by atoms with E-state index in [4.69, 9.17) is 5.11 Å². The van der Waals surface area contributed by atoms with Crippen molar-refractivity contribution in [3.05, 3.63) is 29.3 Å². The predicted octanol–water partition coefficient (Wildman–Crippen LogP) is 3.32. The van der Waals surface area contributed by atoms with E-state index in [1.54, 1.807) is 6.07 Å². The summed E-state index contributed by atoms with van der Waals surface area (Å²) in [6.45, 7) is 2.93. The van der Waals surface area contributed by atoms with Crippen LogP contribution in [0.2, 0.25) is 0 Å². The molecule has 1 aliphatic rings. The van der Waals surface area contributed by atoms with Crippen molar-refractivity contribution in [3.63, 3.8) is 0 Å². The highest BCUT2D eigenvalue weighted by molar-refractivity contribution is 5.89. The number of hydrogen-bond donors (Lipinski definition) is 1. The van der Waals surface area contributed by atoms with Crippen LogP contribution in [0.1, 0.15) is 41.6 Å². The van der Waals surface area contributed by atoms with Gasteiger partial charge in [-0.15, -0.1) is 0 Å². The zero-order chi connectivity index (χ0) is 13.1. The molecule has 0 bridgehead atoms. The monoisotopic (exact) mass is 247 g/mol. The molecular formula is C15H21NO2. The maximum atomic E-state index is 11.0. The number of aryl methyl sites for hydroxylation is 1. The van der Waals surface area contributed by atoms with Gasteiger partial charge in [0.05, 0.1) is 5.56 Å². The largest absolute Gasteiger partial charge is 0.478 e. The lowest BCUT2D eigenvalue weighted by molar-refractivity contribution is 0.0696. The molecule has 18 heavy (non-hydrogen) atoms. The zero-order valence-corrected chi connectivity index (χ0v) is 11.1. The van der Waals surface area contributed by atoms with Crippen LogP contribution in [0.3, 0.4) is 0 Å². The fourth-order valence-corrected chi connectivity index (χ4v) is 2.81. The molecule has 1 saturated carbocycles. The Labute approximate surface area is 108 Å². The van der Waals surface area contributed by atoms with Gasteiger partial charge in [0.15, 0.2) is 0 Å². The number of rotatable bonds is 4. The Balaban J connectivity index is 2.08. The lowest BCUT2D eigenvalue weighted by Gasteiger charge is -2.23. The van der Waals surface area contributed by atoms with Gasteiger partial charge in [0, 0.05) is 19.3 Å². The molecule has 1 aromatic rings. The highest BCUT2D eigenvalue weighted by atomic mass is 16.4. The van der Waals surface area contributed by atoms with Crippen LogP contribution in [0.4, 0.5) is 5.69 Å². The van der Waals surface area contributed by atoms with Gasteiger partial charge < -0.3 is 10.0 Å². The Morgan fingerprint density at radius 1 is 1.39 bits per heavy atom. The topological polar surface area (TPSA) is 40.5 Å². The maximum Gasteiger partial charge on any atom is 0.335 e. The molecule has 1 aromatic carbocycles. The summed E-state index contributed by atoms with van der Waals surface area (Å²) in [5.41, 5.74) is 2.34. The fraction of sp³-hybridized carbons (Fsp3) is 0.533. The predicted molar refractivity (Wildman–Crippen MR) is 73.4 cm³/mol. The Hall–Kier alpha value is -1.51. The molecule has 0 amide bonds. The number of hydrogen-bond acceptors (Lipinski definition) is 2. The van der Waals surface area contributed by atoms with Crippen molar-refractivity contribution in [1.29, 1.82) is 0 Å². The third kappa shape index (κ3) is 2.84. The maximum absolute atomic E-state index is 11.0. The Morgan fingerprint density at radius 3 is 2.61 bits per heavy atom. The number of carboxylic acids is 1. The van der Waals surface area contributed by atoms with Gasteiger partial charge in [-0.1, -0.05) is 12.8 Å². The van der Waals surface area contributed by atoms with Crippen LogP contribution in [0.25, 0.3) is 0 Å². The van der Waals surface area contributed by atoms with Gasteiger partial charge in [0.1, 0.15) is 0 Å². The molecule has 0 saturated heterocycles. The molecular weight excluding hydrogens is 226 g/mol. The van der Waals surface area contributed by atoms with E-state index in [0.29, 0.717) is 5.56 Å². The van der Waals surface area contributed by atoms with Crippen LogP contribution in [0, 0.1) is 12.8 Å². The Bertz CT molecular complexity index is 436. The number of anilines is 1. The molecule has 2 rings (SSSR count). The second-order valence-corrected chi connectivity index (χ2v) is 5.34. The first kappa shape index (κ1) is 12.9. The van der Waals surface area contributed by atoms with Crippen LogP contribution >= 0.6 is 0 Å². The number of carboxylic acid groups (broad SMARTS) is 1. The van der Waals surface area contributed by atoms with Crippen molar-refractivity contribution in [2.24, 2.45) is 5.92 Å². The van der Waals surface area contributed by atoms with Crippen molar-refractivity contribution in [3.8, 4) is 0 Å². The second kappa shape index (κ2) is 5.42. The molecule has 0 unspecified atom stereocenters. The standard InChI is InChI=1S/C15H21NO2/c1-11-9-13(7-8-14(11)15(17)18)16(2)10-12-5-3-4-6-12/h7-9,12H,3-6,10H2,1-2H3,(H,17,18). The summed E-state index contributed by atoms with van der Waals surface area (Å²) in [4.78, 5) is 13.2. The third-order valence-corrected chi connectivity index (χ3v) is 3.89. The van der Waals surface area contributed by atoms with Crippen LogP contribution in [-0.2, 0) is 0 Å². The quantitative estimate of drug-likeness (QED) is 0.887. The van der Waals surface area contributed by atoms with E-state index in [1.165, 1.54) is 25.7 Å². The van der Waals surface area contributed by atoms with Crippen molar-refractivity contribution >= 4 is 11.7 Å². The first-order chi connectivity index (χ1) is 8.58. The van der Waals surface area contributed by atoms with E-state index >= 15 is 0 Å². The van der Waals surface area contributed by atoms with E-state index in [1.807, 2.05) is 19.1 Å². The summed E-state index contributed by atoms with van der Waals surface area (Å²) >= 11 is 0. The summed E-state index contributed by atoms with van der Waals surface area (Å²) in [5.74, 6) is -0.0491. The minimum atomic E-state index is -0.850. The van der Waals surface area contributed by atoms with Crippen LogP contribution in [0.15, 0.2) is 18.2 Å². The van der Waals surface area contributed by atoms with E-state index in [9.17, 15) is 4.79 Å². The molecule has 3 heteroatoms. The summed E-state index contributed by atoms with van der Waals surface area (Å²) in [7, 11) is 2.09. The smallest absolute Gasteiger partial charge is 0.335 e. The number of aromatic carboxylic acids is 1. The lowest BCUT2D eigenvalue weighted by Crippen LogP contribution is -2.24. The Morgan fingerprint density at radius 2 is 2.06 bits per heavy atom. The van der Waals surface area contributed by atoms with Crippen molar-refractivity contribution in [2.45, 2.75) is 32.6 Å². The second-order valence-electron chi connectivity index (χ2n) is 5.34. The number of nitrogens with zero attached hydrogens (tertiary/aromatic N) is 1. The van der Waals surface area contributed by atoms with Gasteiger partial charge in [-0.3, -0.25) is 0 Å². The summed E-state index contributed by atoms with van der Waals surface area (Å²) in [6, 6.07) is 5.59. The minimum absolute atomic E-state index is 0.396. The van der Waals surface area contributed by atoms with Crippen LogP contribution in [0.5, 0.6) is 0 Å². The number of carbonyl (C=O) groups is 1. The first-order valence-corrected chi connectivity index (χ1v) is 6.63. The van der Waals surface area contributed by atoms with Crippen molar-refractivity contribution in [2.75, 3.05) is 18.5 Å². The van der Waals surface area contributed by atoms with Gasteiger partial charge in [0.25, 0.3) is 0 Å². The summed E-state index contributed by atoms with van der Waals surface area (Å²) in [6.07, 6.45) is 5.37. The molecule has 1 aliphatic carbocycles. The lowest BCUT2D eigenvalue weighted by atomic mass is 10.1. The minimum Gasteiger partial charge on any atom is -0.478 e. The van der Waals surface area contributed by atoms with Gasteiger partial charge in [-0.05, 0) is 49.4 Å².